The van der Waals surface area contributed by atoms with Gasteiger partial charge in [-0.25, -0.2) is 8.42 Å². The molecule has 0 radical (unpaired) electrons. The number of carbonyl (C=O) groups is 1. The largest absolute Gasteiger partial charge is 0.340 e. The smallest absolute Gasteiger partial charge is 0.244 e. The minimum atomic E-state index is -3.45. The Balaban J connectivity index is 0.00000208. The normalized spacial score (nSPS) is 22.4. The molecule has 0 bridgehead atoms. The maximum atomic E-state index is 12.8. The number of aryl methyl sites for hydroxylation is 2. The number of carbonyl (C=O) groups excluding carboxylic acids is 1. The molecule has 2 aliphatic rings. The summed E-state index contributed by atoms with van der Waals surface area (Å²) in [5.74, 6) is 0.217. The number of thiophene rings is 1. The number of piperazine rings is 1. The maximum Gasteiger partial charge on any atom is 0.244 e. The van der Waals surface area contributed by atoms with Crippen molar-refractivity contribution in [3.8, 4) is 0 Å². The zero-order chi connectivity index (χ0) is 16.6. The van der Waals surface area contributed by atoms with Crippen molar-refractivity contribution in [1.82, 2.24) is 14.5 Å². The third-order valence-corrected chi connectivity index (χ3v) is 7.69. The molecule has 1 aromatic rings. The van der Waals surface area contributed by atoms with Gasteiger partial charge in [-0.15, -0.1) is 23.7 Å². The van der Waals surface area contributed by atoms with Crippen LogP contribution in [0.15, 0.2) is 11.0 Å². The van der Waals surface area contributed by atoms with E-state index in [1.54, 1.807) is 6.07 Å². The standard InChI is InChI=1S/C15H23N3O3S2.ClH/c1-11-9-14(12(2)22-11)23(20,21)18-7-5-17(6-8-18)15(19)13-3-4-16-10-13;/h9,13,16H,3-8,10H2,1-2H3;1H. The first-order chi connectivity index (χ1) is 10.9. The lowest BCUT2D eigenvalue weighted by atomic mass is 10.1. The molecule has 3 rings (SSSR count). The second-order valence-electron chi connectivity index (χ2n) is 6.20. The summed E-state index contributed by atoms with van der Waals surface area (Å²) in [6.07, 6.45) is 0.880. The minimum absolute atomic E-state index is 0. The van der Waals surface area contributed by atoms with Gasteiger partial charge in [0.25, 0.3) is 0 Å². The van der Waals surface area contributed by atoms with Crippen LogP contribution in [0.25, 0.3) is 0 Å². The van der Waals surface area contributed by atoms with Crippen LogP contribution in [0.2, 0.25) is 0 Å². The molecule has 1 aromatic heterocycles. The Hall–Kier alpha value is -0.670. The van der Waals surface area contributed by atoms with Gasteiger partial charge in [-0.2, -0.15) is 4.31 Å². The molecule has 24 heavy (non-hydrogen) atoms. The number of halogens is 1. The lowest BCUT2D eigenvalue weighted by Gasteiger charge is -2.35. The molecular formula is C15H24ClN3O3S2. The van der Waals surface area contributed by atoms with E-state index >= 15 is 0 Å². The molecule has 1 unspecified atom stereocenters. The molecule has 136 valence electrons. The molecule has 6 nitrogen and oxygen atoms in total. The molecule has 0 aromatic carbocycles. The number of hydrogen-bond donors (Lipinski definition) is 1. The van der Waals surface area contributed by atoms with Crippen LogP contribution in [0.1, 0.15) is 16.2 Å². The predicted octanol–water partition coefficient (Wildman–Crippen LogP) is 1.23. The number of amides is 1. The molecule has 0 saturated carbocycles. The Bertz CT molecular complexity index is 691. The summed E-state index contributed by atoms with van der Waals surface area (Å²) in [7, 11) is -3.45. The van der Waals surface area contributed by atoms with Crippen molar-refractivity contribution in [2.45, 2.75) is 25.2 Å². The van der Waals surface area contributed by atoms with E-state index in [4.69, 9.17) is 0 Å². The van der Waals surface area contributed by atoms with Crippen LogP contribution >= 0.6 is 23.7 Å². The second-order valence-corrected chi connectivity index (χ2v) is 9.56. The van der Waals surface area contributed by atoms with Gasteiger partial charge in [0.15, 0.2) is 0 Å². The molecule has 2 aliphatic heterocycles. The molecule has 9 heteroatoms. The molecule has 1 amide bonds. The van der Waals surface area contributed by atoms with Crippen LogP contribution in [-0.2, 0) is 14.8 Å². The average molecular weight is 394 g/mol. The Morgan fingerprint density at radius 3 is 2.42 bits per heavy atom. The molecule has 3 heterocycles. The SMILES string of the molecule is Cc1cc(S(=O)(=O)N2CCN(C(=O)C3CCNC3)CC2)c(C)s1.Cl. The van der Waals surface area contributed by atoms with Gasteiger partial charge in [-0.1, -0.05) is 0 Å². The fraction of sp³-hybridized carbons (Fsp3) is 0.667. The lowest BCUT2D eigenvalue weighted by molar-refractivity contribution is -0.136. The average Bonchev–Trinajstić information content (AvgIpc) is 3.16. The topological polar surface area (TPSA) is 69.7 Å². The van der Waals surface area contributed by atoms with Crippen LogP contribution < -0.4 is 5.32 Å². The first-order valence-corrected chi connectivity index (χ1v) is 10.2. The Kier molecular flexibility index (Phi) is 6.30. The van der Waals surface area contributed by atoms with E-state index in [1.807, 2.05) is 18.7 Å². The fourth-order valence-corrected chi connectivity index (χ4v) is 6.22. The summed E-state index contributed by atoms with van der Waals surface area (Å²) in [5.41, 5.74) is 0. The van der Waals surface area contributed by atoms with Crippen molar-refractivity contribution >= 4 is 39.7 Å². The highest BCUT2D eigenvalue weighted by Gasteiger charge is 2.34. The quantitative estimate of drug-likeness (QED) is 0.838. The third-order valence-electron chi connectivity index (χ3n) is 4.57. The molecule has 0 aliphatic carbocycles. The number of sulfonamides is 1. The summed E-state index contributed by atoms with van der Waals surface area (Å²) in [6.45, 7) is 7.12. The molecular weight excluding hydrogens is 370 g/mol. The van der Waals surface area contributed by atoms with E-state index in [-0.39, 0.29) is 24.2 Å². The Morgan fingerprint density at radius 1 is 1.25 bits per heavy atom. The van der Waals surface area contributed by atoms with Crippen molar-refractivity contribution in [1.29, 1.82) is 0 Å². The van der Waals surface area contributed by atoms with E-state index in [9.17, 15) is 13.2 Å². The summed E-state index contributed by atoms with van der Waals surface area (Å²) < 4.78 is 27.1. The molecule has 1 N–H and O–H groups in total. The van der Waals surface area contributed by atoms with Crippen LogP contribution in [0, 0.1) is 19.8 Å². The number of nitrogens with one attached hydrogen (secondary N) is 1. The van der Waals surface area contributed by atoms with E-state index in [1.165, 1.54) is 15.6 Å². The van der Waals surface area contributed by atoms with Crippen molar-refractivity contribution < 1.29 is 13.2 Å². The third kappa shape index (κ3) is 3.77. The van der Waals surface area contributed by atoms with Crippen LogP contribution in [0.3, 0.4) is 0 Å². The van der Waals surface area contributed by atoms with Crippen molar-refractivity contribution in [3.05, 3.63) is 15.8 Å². The van der Waals surface area contributed by atoms with Gasteiger partial charge < -0.3 is 10.2 Å². The molecule has 2 fully saturated rings. The first-order valence-electron chi connectivity index (χ1n) is 7.96. The maximum absolute atomic E-state index is 12.8. The molecule has 1 atom stereocenters. The first kappa shape index (κ1) is 19.7. The summed E-state index contributed by atoms with van der Waals surface area (Å²) in [4.78, 5) is 16.5. The van der Waals surface area contributed by atoms with Gasteiger partial charge in [0, 0.05) is 42.5 Å². The van der Waals surface area contributed by atoms with Crippen LogP contribution in [0.5, 0.6) is 0 Å². The Labute approximate surface area is 153 Å². The van der Waals surface area contributed by atoms with Gasteiger partial charge in [0.2, 0.25) is 15.9 Å². The van der Waals surface area contributed by atoms with E-state index in [0.29, 0.717) is 31.1 Å². The lowest BCUT2D eigenvalue weighted by Crippen LogP contribution is -2.52. The zero-order valence-corrected chi connectivity index (χ0v) is 16.4. The number of hydrogen-bond acceptors (Lipinski definition) is 5. The predicted molar refractivity (Wildman–Crippen MR) is 97.4 cm³/mol. The van der Waals surface area contributed by atoms with Crippen molar-refractivity contribution in [2.75, 3.05) is 39.3 Å². The highest BCUT2D eigenvalue weighted by molar-refractivity contribution is 7.89. The monoisotopic (exact) mass is 393 g/mol. The summed E-state index contributed by atoms with van der Waals surface area (Å²) in [5, 5.41) is 3.20. The van der Waals surface area contributed by atoms with Crippen molar-refractivity contribution in [2.24, 2.45) is 5.92 Å². The van der Waals surface area contributed by atoms with E-state index in [0.717, 1.165) is 29.3 Å². The van der Waals surface area contributed by atoms with E-state index < -0.39 is 10.0 Å². The van der Waals surface area contributed by atoms with Crippen LogP contribution in [-0.4, -0.2) is 62.8 Å². The van der Waals surface area contributed by atoms with Gasteiger partial charge in [0.05, 0.1) is 10.8 Å². The van der Waals surface area contributed by atoms with Crippen molar-refractivity contribution in [3.63, 3.8) is 0 Å². The minimum Gasteiger partial charge on any atom is -0.340 e. The summed E-state index contributed by atoms with van der Waals surface area (Å²) in [6, 6.07) is 1.75. The van der Waals surface area contributed by atoms with Gasteiger partial charge in [-0.05, 0) is 32.9 Å². The zero-order valence-electron chi connectivity index (χ0n) is 13.9. The highest BCUT2D eigenvalue weighted by Crippen LogP contribution is 2.28. The van der Waals surface area contributed by atoms with Gasteiger partial charge >= 0.3 is 0 Å². The van der Waals surface area contributed by atoms with Crippen LogP contribution in [0.4, 0.5) is 0 Å². The highest BCUT2D eigenvalue weighted by atomic mass is 35.5. The van der Waals surface area contributed by atoms with Gasteiger partial charge in [0.1, 0.15) is 0 Å². The molecule has 0 spiro atoms. The second kappa shape index (κ2) is 7.70. The molecule has 2 saturated heterocycles. The summed E-state index contributed by atoms with van der Waals surface area (Å²) >= 11 is 1.51. The number of rotatable bonds is 3. The fourth-order valence-electron chi connectivity index (χ4n) is 3.28. The Morgan fingerprint density at radius 2 is 1.92 bits per heavy atom. The van der Waals surface area contributed by atoms with E-state index in [2.05, 4.69) is 5.32 Å². The van der Waals surface area contributed by atoms with Gasteiger partial charge in [-0.3, -0.25) is 4.79 Å². The number of nitrogens with zero attached hydrogens (tertiary/aromatic N) is 2.